The topological polar surface area (TPSA) is 42.9 Å². The zero-order valence-electron chi connectivity index (χ0n) is 16.5. The molecule has 2 N–H and O–H groups in total. The van der Waals surface area contributed by atoms with Crippen LogP contribution in [0.4, 0.5) is 0 Å². The summed E-state index contributed by atoms with van der Waals surface area (Å²) in [5.74, 6) is 1.65. The third-order valence-electron chi connectivity index (χ3n) is 5.73. The Kier molecular flexibility index (Phi) is 7.32. The molecule has 1 aromatic carbocycles. The van der Waals surface area contributed by atoms with Crippen molar-refractivity contribution < 1.29 is 0 Å². The van der Waals surface area contributed by atoms with Crippen molar-refractivity contribution in [2.45, 2.75) is 31.7 Å². The molecule has 0 spiro atoms. The lowest BCUT2D eigenvalue weighted by Gasteiger charge is -2.31. The van der Waals surface area contributed by atoms with Crippen molar-refractivity contribution in [2.24, 2.45) is 10.9 Å². The van der Waals surface area contributed by atoms with Gasteiger partial charge in [-0.25, -0.2) is 0 Å². The molecule has 3 rings (SSSR count). The van der Waals surface area contributed by atoms with Crippen molar-refractivity contribution in [1.82, 2.24) is 20.4 Å². The van der Waals surface area contributed by atoms with Crippen LogP contribution in [-0.2, 0) is 0 Å². The van der Waals surface area contributed by atoms with E-state index in [9.17, 15) is 0 Å². The average molecular weight is 358 g/mol. The Morgan fingerprint density at radius 2 is 1.88 bits per heavy atom. The molecule has 0 saturated carbocycles. The highest BCUT2D eigenvalue weighted by molar-refractivity contribution is 5.79. The minimum atomic E-state index is 0.415. The van der Waals surface area contributed by atoms with E-state index < -0.39 is 0 Å². The Morgan fingerprint density at radius 1 is 1.12 bits per heavy atom. The highest BCUT2D eigenvalue weighted by Gasteiger charge is 2.23. The van der Waals surface area contributed by atoms with Gasteiger partial charge in [0.2, 0.25) is 0 Å². The van der Waals surface area contributed by atoms with E-state index >= 15 is 0 Å². The molecule has 144 valence electrons. The van der Waals surface area contributed by atoms with Gasteiger partial charge in [-0.2, -0.15) is 0 Å². The fraction of sp³-hybridized carbons (Fsp3) is 0.667. The van der Waals surface area contributed by atoms with Crippen molar-refractivity contribution in [3.63, 3.8) is 0 Å². The predicted octanol–water partition coefficient (Wildman–Crippen LogP) is 2.33. The number of benzene rings is 1. The summed E-state index contributed by atoms with van der Waals surface area (Å²) in [5, 5.41) is 7.13. The SMILES string of the molecule is CN=C(NCC1CCCN(C)C1)NCC(c1ccccc1)N1CCCC1. The first kappa shape index (κ1) is 19.2. The summed E-state index contributed by atoms with van der Waals surface area (Å²) in [7, 11) is 4.09. The molecule has 0 amide bonds. The van der Waals surface area contributed by atoms with Crippen molar-refractivity contribution in [1.29, 1.82) is 0 Å². The lowest BCUT2D eigenvalue weighted by atomic mass is 9.98. The standard InChI is InChI=1S/C21H35N5/c1-22-21(23-15-18-9-8-12-25(2)17-18)24-16-20(26-13-6-7-14-26)19-10-4-3-5-11-19/h3-5,10-11,18,20H,6-9,12-17H2,1-2H3,(H2,22,23,24). The van der Waals surface area contributed by atoms with E-state index in [4.69, 9.17) is 0 Å². The number of piperidine rings is 1. The normalized spacial score (nSPS) is 23.8. The van der Waals surface area contributed by atoms with Crippen LogP contribution in [0.5, 0.6) is 0 Å². The molecule has 2 atom stereocenters. The number of rotatable bonds is 6. The van der Waals surface area contributed by atoms with E-state index in [0.717, 1.165) is 25.0 Å². The van der Waals surface area contributed by atoms with E-state index in [-0.39, 0.29) is 0 Å². The first-order valence-corrected chi connectivity index (χ1v) is 10.2. The van der Waals surface area contributed by atoms with Gasteiger partial charge >= 0.3 is 0 Å². The van der Waals surface area contributed by atoms with Crippen LogP contribution in [-0.4, -0.2) is 69.1 Å². The Bertz CT molecular complexity index is 553. The van der Waals surface area contributed by atoms with Crippen molar-refractivity contribution in [3.8, 4) is 0 Å². The van der Waals surface area contributed by atoms with Crippen LogP contribution in [0.2, 0.25) is 0 Å². The summed E-state index contributed by atoms with van der Waals surface area (Å²) in [4.78, 5) is 9.48. The summed E-state index contributed by atoms with van der Waals surface area (Å²) in [6.07, 6.45) is 5.24. The number of hydrogen-bond donors (Lipinski definition) is 2. The van der Waals surface area contributed by atoms with Gasteiger partial charge in [0, 0.05) is 26.7 Å². The second-order valence-corrected chi connectivity index (χ2v) is 7.77. The Labute approximate surface area is 158 Å². The summed E-state index contributed by atoms with van der Waals surface area (Å²) < 4.78 is 0. The third-order valence-corrected chi connectivity index (χ3v) is 5.73. The van der Waals surface area contributed by atoms with Crippen LogP contribution in [0, 0.1) is 5.92 Å². The minimum absolute atomic E-state index is 0.415. The quantitative estimate of drug-likeness (QED) is 0.606. The molecule has 1 aromatic rings. The molecular formula is C21H35N5. The number of guanidine groups is 1. The van der Waals surface area contributed by atoms with Gasteiger partial charge < -0.3 is 15.5 Å². The molecule has 2 aliphatic heterocycles. The molecule has 5 nitrogen and oxygen atoms in total. The smallest absolute Gasteiger partial charge is 0.191 e. The van der Waals surface area contributed by atoms with Crippen LogP contribution >= 0.6 is 0 Å². The maximum Gasteiger partial charge on any atom is 0.191 e. The molecule has 2 saturated heterocycles. The first-order valence-electron chi connectivity index (χ1n) is 10.2. The molecule has 2 heterocycles. The van der Waals surface area contributed by atoms with Crippen molar-refractivity contribution in [2.75, 3.05) is 53.4 Å². The van der Waals surface area contributed by atoms with Crippen LogP contribution in [0.1, 0.15) is 37.3 Å². The highest BCUT2D eigenvalue weighted by atomic mass is 15.2. The van der Waals surface area contributed by atoms with Crippen LogP contribution in [0.3, 0.4) is 0 Å². The summed E-state index contributed by atoms with van der Waals surface area (Å²) in [6.45, 7) is 6.71. The lowest BCUT2D eigenvalue weighted by Crippen LogP contribution is -2.46. The van der Waals surface area contributed by atoms with Crippen molar-refractivity contribution >= 4 is 5.96 Å². The lowest BCUT2D eigenvalue weighted by molar-refractivity contribution is 0.210. The molecule has 2 unspecified atom stereocenters. The average Bonchev–Trinajstić information content (AvgIpc) is 3.20. The predicted molar refractivity (Wildman–Crippen MR) is 110 cm³/mol. The van der Waals surface area contributed by atoms with Gasteiger partial charge in [-0.05, 0) is 63.8 Å². The Hall–Kier alpha value is -1.59. The summed E-state index contributed by atoms with van der Waals surface area (Å²) >= 11 is 0. The van der Waals surface area contributed by atoms with Gasteiger partial charge in [0.15, 0.2) is 5.96 Å². The second kappa shape index (κ2) is 9.93. The molecule has 2 fully saturated rings. The maximum atomic E-state index is 4.45. The molecule has 5 heteroatoms. The number of nitrogens with one attached hydrogen (secondary N) is 2. The van der Waals surface area contributed by atoms with Gasteiger partial charge in [-0.15, -0.1) is 0 Å². The zero-order valence-corrected chi connectivity index (χ0v) is 16.5. The molecular weight excluding hydrogens is 322 g/mol. The number of hydrogen-bond acceptors (Lipinski definition) is 3. The maximum absolute atomic E-state index is 4.45. The van der Waals surface area contributed by atoms with Gasteiger partial charge in [-0.3, -0.25) is 9.89 Å². The van der Waals surface area contributed by atoms with Gasteiger partial charge in [0.05, 0.1) is 6.04 Å². The third kappa shape index (κ3) is 5.45. The molecule has 26 heavy (non-hydrogen) atoms. The van der Waals surface area contributed by atoms with Gasteiger partial charge in [0.25, 0.3) is 0 Å². The fourth-order valence-corrected chi connectivity index (χ4v) is 4.28. The zero-order chi connectivity index (χ0) is 18.2. The Morgan fingerprint density at radius 3 is 2.58 bits per heavy atom. The number of nitrogens with zero attached hydrogens (tertiary/aromatic N) is 3. The molecule has 0 radical (unpaired) electrons. The van der Waals surface area contributed by atoms with E-state index in [0.29, 0.717) is 6.04 Å². The van der Waals surface area contributed by atoms with E-state index in [1.807, 2.05) is 7.05 Å². The van der Waals surface area contributed by atoms with Gasteiger partial charge in [-0.1, -0.05) is 30.3 Å². The largest absolute Gasteiger partial charge is 0.356 e. The van der Waals surface area contributed by atoms with E-state index in [1.165, 1.54) is 57.4 Å². The second-order valence-electron chi connectivity index (χ2n) is 7.77. The molecule has 2 aliphatic rings. The first-order chi connectivity index (χ1) is 12.8. The van der Waals surface area contributed by atoms with Crippen LogP contribution in [0.15, 0.2) is 35.3 Å². The molecule has 0 aliphatic carbocycles. The van der Waals surface area contributed by atoms with Crippen LogP contribution in [0.25, 0.3) is 0 Å². The Balaban J connectivity index is 1.53. The van der Waals surface area contributed by atoms with E-state index in [2.05, 4.69) is 62.8 Å². The number of likely N-dealkylation sites (tertiary alicyclic amines) is 2. The molecule has 0 aromatic heterocycles. The minimum Gasteiger partial charge on any atom is -0.356 e. The highest BCUT2D eigenvalue weighted by Crippen LogP contribution is 2.24. The fourth-order valence-electron chi connectivity index (χ4n) is 4.28. The summed E-state index contributed by atoms with van der Waals surface area (Å²) in [6, 6.07) is 11.3. The van der Waals surface area contributed by atoms with Gasteiger partial charge in [0.1, 0.15) is 0 Å². The number of aliphatic imine (C=N–C) groups is 1. The summed E-state index contributed by atoms with van der Waals surface area (Å²) in [5.41, 5.74) is 1.39. The van der Waals surface area contributed by atoms with Crippen LogP contribution < -0.4 is 10.6 Å². The van der Waals surface area contributed by atoms with Crippen molar-refractivity contribution in [3.05, 3.63) is 35.9 Å². The monoisotopic (exact) mass is 357 g/mol. The molecule has 0 bridgehead atoms. The van der Waals surface area contributed by atoms with E-state index in [1.54, 1.807) is 0 Å².